The summed E-state index contributed by atoms with van der Waals surface area (Å²) in [5.74, 6) is 1.51. The van der Waals surface area contributed by atoms with E-state index in [1.165, 1.54) is 5.56 Å². The van der Waals surface area contributed by atoms with Crippen LogP contribution in [0, 0.1) is 0 Å². The molecule has 2 heterocycles. The summed E-state index contributed by atoms with van der Waals surface area (Å²) in [6, 6.07) is 8.55. The highest BCUT2D eigenvalue weighted by Gasteiger charge is 2.23. The van der Waals surface area contributed by atoms with E-state index in [1.807, 2.05) is 12.1 Å². The van der Waals surface area contributed by atoms with Gasteiger partial charge >= 0.3 is 0 Å². The van der Waals surface area contributed by atoms with Crippen LogP contribution in [-0.2, 0) is 13.6 Å². The maximum Gasteiger partial charge on any atom is 0.293 e. The SMILES string of the molecule is CCCCOc1ccccc1CN[C@@H]1CCCN(c2nccn(C)c2=O)C1. The Hall–Kier alpha value is -2.34. The minimum atomic E-state index is -0.0344. The van der Waals surface area contributed by atoms with Crippen molar-refractivity contribution in [2.75, 3.05) is 24.6 Å². The Kier molecular flexibility index (Phi) is 6.87. The number of anilines is 1. The number of hydrogen-bond donors (Lipinski definition) is 1. The lowest BCUT2D eigenvalue weighted by Gasteiger charge is -2.33. The van der Waals surface area contributed by atoms with E-state index in [1.54, 1.807) is 24.0 Å². The number of ether oxygens (including phenoxy) is 1. The molecule has 0 saturated carbocycles. The van der Waals surface area contributed by atoms with Crippen LogP contribution in [0.4, 0.5) is 5.82 Å². The Labute approximate surface area is 161 Å². The van der Waals surface area contributed by atoms with Gasteiger partial charge in [0.05, 0.1) is 6.61 Å². The fraction of sp³-hybridized carbons (Fsp3) is 0.524. The molecule has 0 radical (unpaired) electrons. The average Bonchev–Trinajstić information content (AvgIpc) is 2.70. The number of hydrogen-bond acceptors (Lipinski definition) is 5. The minimum absolute atomic E-state index is 0.0344. The van der Waals surface area contributed by atoms with E-state index in [0.717, 1.165) is 57.7 Å². The van der Waals surface area contributed by atoms with E-state index >= 15 is 0 Å². The molecule has 1 N–H and O–H groups in total. The third-order valence-corrected chi connectivity index (χ3v) is 5.03. The lowest BCUT2D eigenvalue weighted by Crippen LogP contribution is -2.47. The third-order valence-electron chi connectivity index (χ3n) is 5.03. The molecule has 1 atom stereocenters. The predicted octanol–water partition coefficient (Wildman–Crippen LogP) is 2.72. The van der Waals surface area contributed by atoms with Crippen LogP contribution >= 0.6 is 0 Å². The Morgan fingerprint density at radius 2 is 2.19 bits per heavy atom. The zero-order valence-corrected chi connectivity index (χ0v) is 16.4. The Bertz CT molecular complexity index is 790. The first-order chi connectivity index (χ1) is 13.2. The summed E-state index contributed by atoms with van der Waals surface area (Å²) in [5, 5.41) is 3.64. The van der Waals surface area contributed by atoms with Gasteiger partial charge in [0.25, 0.3) is 5.56 Å². The maximum atomic E-state index is 12.3. The van der Waals surface area contributed by atoms with Crippen LogP contribution in [0.5, 0.6) is 5.75 Å². The molecule has 0 spiro atoms. The molecular weight excluding hydrogens is 340 g/mol. The highest BCUT2D eigenvalue weighted by molar-refractivity contribution is 5.37. The fourth-order valence-electron chi connectivity index (χ4n) is 3.41. The largest absolute Gasteiger partial charge is 0.493 e. The maximum absolute atomic E-state index is 12.3. The standard InChI is InChI=1S/C21H30N4O2/c1-3-4-14-27-19-10-6-5-8-17(19)15-23-18-9-7-12-25(16-18)20-21(26)24(2)13-11-22-20/h5-6,8,10-11,13,18,23H,3-4,7,9,12,14-16H2,1-2H3/t18-/m1/s1. The van der Waals surface area contributed by atoms with Gasteiger partial charge in [0.15, 0.2) is 5.82 Å². The van der Waals surface area contributed by atoms with Crippen molar-refractivity contribution >= 4 is 5.82 Å². The molecule has 0 amide bonds. The van der Waals surface area contributed by atoms with Crippen LogP contribution in [0.2, 0.25) is 0 Å². The summed E-state index contributed by atoms with van der Waals surface area (Å²) in [7, 11) is 1.77. The second-order valence-corrected chi connectivity index (χ2v) is 7.14. The van der Waals surface area contributed by atoms with Crippen molar-refractivity contribution in [2.24, 2.45) is 7.05 Å². The molecule has 0 unspecified atom stereocenters. The molecule has 6 nitrogen and oxygen atoms in total. The van der Waals surface area contributed by atoms with Crippen molar-refractivity contribution in [1.29, 1.82) is 0 Å². The molecule has 3 rings (SSSR count). The summed E-state index contributed by atoms with van der Waals surface area (Å²) in [5.41, 5.74) is 1.15. The normalized spacial score (nSPS) is 17.1. The van der Waals surface area contributed by atoms with Crippen LogP contribution in [0.25, 0.3) is 0 Å². The van der Waals surface area contributed by atoms with Crippen molar-refractivity contribution in [3.8, 4) is 5.75 Å². The van der Waals surface area contributed by atoms with E-state index in [-0.39, 0.29) is 5.56 Å². The van der Waals surface area contributed by atoms with E-state index in [0.29, 0.717) is 11.9 Å². The molecule has 0 aliphatic carbocycles. The summed E-state index contributed by atoms with van der Waals surface area (Å²) >= 11 is 0. The number of piperidine rings is 1. The van der Waals surface area contributed by atoms with Gasteiger partial charge in [-0.2, -0.15) is 0 Å². The van der Waals surface area contributed by atoms with Crippen LogP contribution < -0.4 is 20.5 Å². The van der Waals surface area contributed by atoms with Crippen LogP contribution in [0.1, 0.15) is 38.2 Å². The number of benzene rings is 1. The number of aromatic nitrogens is 2. The van der Waals surface area contributed by atoms with Gasteiger partial charge in [-0.15, -0.1) is 0 Å². The predicted molar refractivity (Wildman–Crippen MR) is 108 cm³/mol. The molecule has 1 aliphatic heterocycles. The van der Waals surface area contributed by atoms with E-state index < -0.39 is 0 Å². The molecule has 1 aliphatic rings. The number of nitrogens with one attached hydrogen (secondary N) is 1. The van der Waals surface area contributed by atoms with Gasteiger partial charge < -0.3 is 19.5 Å². The van der Waals surface area contributed by atoms with Crippen LogP contribution in [-0.4, -0.2) is 35.3 Å². The number of para-hydroxylation sites is 1. The molecule has 1 fully saturated rings. The zero-order chi connectivity index (χ0) is 19.1. The molecule has 6 heteroatoms. The fourth-order valence-corrected chi connectivity index (χ4v) is 3.41. The number of aryl methyl sites for hydroxylation is 1. The third kappa shape index (κ3) is 5.10. The molecule has 0 bridgehead atoms. The highest BCUT2D eigenvalue weighted by Crippen LogP contribution is 2.20. The summed E-state index contributed by atoms with van der Waals surface area (Å²) < 4.78 is 7.52. The summed E-state index contributed by atoms with van der Waals surface area (Å²) in [6.07, 6.45) is 7.73. The number of unbranched alkanes of at least 4 members (excludes halogenated alkanes) is 1. The molecule has 27 heavy (non-hydrogen) atoms. The van der Waals surface area contributed by atoms with Crippen LogP contribution in [0.15, 0.2) is 41.5 Å². The van der Waals surface area contributed by atoms with Gasteiger partial charge in [0, 0.05) is 50.7 Å². The first-order valence-corrected chi connectivity index (χ1v) is 9.89. The quantitative estimate of drug-likeness (QED) is 0.724. The molecule has 1 aromatic heterocycles. The van der Waals surface area contributed by atoms with Gasteiger partial charge in [-0.25, -0.2) is 4.98 Å². The van der Waals surface area contributed by atoms with Crippen LogP contribution in [0.3, 0.4) is 0 Å². The lowest BCUT2D eigenvalue weighted by atomic mass is 10.1. The second-order valence-electron chi connectivity index (χ2n) is 7.14. The van der Waals surface area contributed by atoms with E-state index in [4.69, 9.17) is 4.74 Å². The minimum Gasteiger partial charge on any atom is -0.493 e. The number of nitrogens with zero attached hydrogens (tertiary/aromatic N) is 3. The number of rotatable bonds is 8. The molecule has 1 saturated heterocycles. The molecule has 2 aromatic rings. The van der Waals surface area contributed by atoms with Crippen molar-refractivity contribution in [3.63, 3.8) is 0 Å². The average molecular weight is 370 g/mol. The van der Waals surface area contributed by atoms with E-state index in [2.05, 4.69) is 34.3 Å². The lowest BCUT2D eigenvalue weighted by molar-refractivity contribution is 0.304. The Morgan fingerprint density at radius 1 is 1.33 bits per heavy atom. The van der Waals surface area contributed by atoms with Crippen molar-refractivity contribution in [2.45, 2.75) is 45.2 Å². The van der Waals surface area contributed by atoms with Gasteiger partial charge in [-0.3, -0.25) is 4.79 Å². The van der Waals surface area contributed by atoms with E-state index in [9.17, 15) is 4.79 Å². The molecule has 1 aromatic carbocycles. The van der Waals surface area contributed by atoms with Gasteiger partial charge in [0.1, 0.15) is 5.75 Å². The topological polar surface area (TPSA) is 59.4 Å². The van der Waals surface area contributed by atoms with Crippen molar-refractivity contribution in [3.05, 3.63) is 52.6 Å². The smallest absolute Gasteiger partial charge is 0.293 e. The summed E-state index contributed by atoms with van der Waals surface area (Å²) in [4.78, 5) is 18.8. The van der Waals surface area contributed by atoms with Gasteiger partial charge in [-0.1, -0.05) is 31.5 Å². The highest BCUT2D eigenvalue weighted by atomic mass is 16.5. The Morgan fingerprint density at radius 3 is 3.04 bits per heavy atom. The molecular formula is C21H30N4O2. The van der Waals surface area contributed by atoms with Crippen molar-refractivity contribution < 1.29 is 4.74 Å². The second kappa shape index (κ2) is 9.55. The summed E-state index contributed by atoms with van der Waals surface area (Å²) in [6.45, 7) is 5.36. The van der Waals surface area contributed by atoms with Gasteiger partial charge in [-0.05, 0) is 25.3 Å². The molecule has 146 valence electrons. The Balaban J connectivity index is 1.60. The van der Waals surface area contributed by atoms with Crippen molar-refractivity contribution in [1.82, 2.24) is 14.9 Å². The zero-order valence-electron chi connectivity index (χ0n) is 16.4. The first-order valence-electron chi connectivity index (χ1n) is 9.89. The monoisotopic (exact) mass is 370 g/mol. The first kappa shape index (κ1) is 19.4. The van der Waals surface area contributed by atoms with Gasteiger partial charge in [0.2, 0.25) is 0 Å².